The number of carboxylic acid groups (broad SMARTS) is 1. The zero-order valence-corrected chi connectivity index (χ0v) is 9.76. The average Bonchev–Trinajstić information content (AvgIpc) is 2.36. The van der Waals surface area contributed by atoms with Crippen LogP contribution in [0.5, 0.6) is 0 Å². The van der Waals surface area contributed by atoms with Gasteiger partial charge in [0.05, 0.1) is 0 Å². The van der Waals surface area contributed by atoms with Gasteiger partial charge >= 0.3 is 0 Å². The highest BCUT2D eigenvalue weighted by Crippen LogP contribution is 2.62. The molecule has 0 saturated heterocycles. The van der Waals surface area contributed by atoms with Crippen molar-refractivity contribution in [1.29, 1.82) is 0 Å². The molecule has 2 aliphatic rings. The second-order valence-electron chi connectivity index (χ2n) is 5.93. The van der Waals surface area contributed by atoms with Crippen LogP contribution in [0.4, 0.5) is 0 Å². The standard InChI is InChI=1S/C10H18.C2H4O2/c1-9(2)7-10(3)5-4-8(9)6-10;1-2(3)4/h8H,4-7H2,1-3H3;1H3,(H,3,4). The molecule has 2 nitrogen and oxygen atoms in total. The lowest BCUT2D eigenvalue weighted by atomic mass is 9.73. The Balaban J connectivity index is 0.000000213. The van der Waals surface area contributed by atoms with Gasteiger partial charge < -0.3 is 5.11 Å². The van der Waals surface area contributed by atoms with Crippen molar-refractivity contribution in [3.8, 4) is 0 Å². The van der Waals surface area contributed by atoms with E-state index in [1.165, 1.54) is 25.7 Å². The summed E-state index contributed by atoms with van der Waals surface area (Å²) >= 11 is 0. The Bertz CT molecular complexity index is 226. The summed E-state index contributed by atoms with van der Waals surface area (Å²) in [5, 5.41) is 7.42. The van der Waals surface area contributed by atoms with Crippen LogP contribution >= 0.6 is 0 Å². The van der Waals surface area contributed by atoms with E-state index in [2.05, 4.69) is 20.8 Å². The molecule has 0 aromatic heterocycles. The Kier molecular flexibility index (Phi) is 2.93. The fourth-order valence-corrected chi connectivity index (χ4v) is 3.39. The van der Waals surface area contributed by atoms with Gasteiger partial charge in [-0.1, -0.05) is 20.8 Å². The maximum absolute atomic E-state index is 9.00. The summed E-state index contributed by atoms with van der Waals surface area (Å²) in [7, 11) is 0. The molecule has 2 saturated carbocycles. The highest BCUT2D eigenvalue weighted by molar-refractivity contribution is 5.62. The predicted octanol–water partition coefficient (Wildman–Crippen LogP) is 3.31. The number of fused-ring (bicyclic) bond motifs is 2. The Labute approximate surface area is 86.7 Å². The maximum Gasteiger partial charge on any atom is 0.300 e. The molecule has 82 valence electrons. The SMILES string of the molecule is CC(=O)O.CC12CCC(C1)C(C)(C)C2. The molecule has 0 heterocycles. The summed E-state index contributed by atoms with van der Waals surface area (Å²) in [6.07, 6.45) is 6.00. The molecule has 0 aromatic carbocycles. The van der Waals surface area contributed by atoms with Gasteiger partial charge in [-0.25, -0.2) is 0 Å². The van der Waals surface area contributed by atoms with Crippen molar-refractivity contribution in [2.45, 2.75) is 53.4 Å². The topological polar surface area (TPSA) is 37.3 Å². The second kappa shape index (κ2) is 3.56. The Morgan fingerprint density at radius 1 is 1.36 bits per heavy atom. The van der Waals surface area contributed by atoms with Crippen LogP contribution in [0.1, 0.15) is 53.4 Å². The fraction of sp³-hybridized carbons (Fsp3) is 0.917. The Hall–Kier alpha value is -0.530. The van der Waals surface area contributed by atoms with Crippen LogP contribution in [0.2, 0.25) is 0 Å². The highest BCUT2D eigenvalue weighted by Gasteiger charge is 2.51. The van der Waals surface area contributed by atoms with Crippen LogP contribution in [0, 0.1) is 16.7 Å². The first-order chi connectivity index (χ1) is 6.25. The van der Waals surface area contributed by atoms with Crippen molar-refractivity contribution < 1.29 is 9.90 Å². The molecule has 2 unspecified atom stereocenters. The molecule has 2 bridgehead atoms. The third kappa shape index (κ3) is 2.49. The quantitative estimate of drug-likeness (QED) is 0.648. The Morgan fingerprint density at radius 3 is 2.00 bits per heavy atom. The minimum absolute atomic E-state index is 0.674. The van der Waals surface area contributed by atoms with Crippen molar-refractivity contribution in [3.63, 3.8) is 0 Å². The number of hydrogen-bond acceptors (Lipinski definition) is 1. The number of rotatable bonds is 0. The van der Waals surface area contributed by atoms with Crippen molar-refractivity contribution >= 4 is 5.97 Å². The minimum atomic E-state index is -0.833. The van der Waals surface area contributed by atoms with Crippen molar-refractivity contribution in [1.82, 2.24) is 0 Å². The number of aliphatic carboxylic acids is 1. The van der Waals surface area contributed by atoms with E-state index < -0.39 is 5.97 Å². The first-order valence-corrected chi connectivity index (χ1v) is 5.45. The maximum atomic E-state index is 9.00. The Morgan fingerprint density at radius 2 is 1.86 bits per heavy atom. The van der Waals surface area contributed by atoms with Crippen LogP contribution in [0.15, 0.2) is 0 Å². The van der Waals surface area contributed by atoms with Gasteiger partial charge in [-0.05, 0) is 42.4 Å². The molecule has 0 amide bonds. The van der Waals surface area contributed by atoms with Crippen molar-refractivity contribution in [2.24, 2.45) is 16.7 Å². The van der Waals surface area contributed by atoms with E-state index >= 15 is 0 Å². The predicted molar refractivity (Wildman–Crippen MR) is 57.2 cm³/mol. The van der Waals surface area contributed by atoms with Gasteiger partial charge in [0.25, 0.3) is 5.97 Å². The monoisotopic (exact) mass is 198 g/mol. The molecule has 2 aliphatic carbocycles. The summed E-state index contributed by atoms with van der Waals surface area (Å²) in [5.74, 6) is 0.220. The second-order valence-corrected chi connectivity index (χ2v) is 5.93. The zero-order chi connectivity index (χ0) is 11.0. The van der Waals surface area contributed by atoms with E-state index in [-0.39, 0.29) is 0 Å². The van der Waals surface area contributed by atoms with E-state index in [9.17, 15) is 0 Å². The minimum Gasteiger partial charge on any atom is -0.481 e. The molecule has 0 spiro atoms. The van der Waals surface area contributed by atoms with E-state index in [4.69, 9.17) is 9.90 Å². The molecule has 2 rings (SSSR count). The smallest absolute Gasteiger partial charge is 0.300 e. The van der Waals surface area contributed by atoms with Gasteiger partial charge in [0.1, 0.15) is 0 Å². The molecule has 0 aliphatic heterocycles. The molecule has 0 aromatic rings. The molecular formula is C12H22O2. The van der Waals surface area contributed by atoms with Gasteiger partial charge in [-0.2, -0.15) is 0 Å². The summed E-state index contributed by atoms with van der Waals surface area (Å²) < 4.78 is 0. The third-order valence-electron chi connectivity index (χ3n) is 3.82. The molecular weight excluding hydrogens is 176 g/mol. The number of carbonyl (C=O) groups is 1. The molecule has 14 heavy (non-hydrogen) atoms. The van der Waals surface area contributed by atoms with Crippen LogP contribution in [-0.4, -0.2) is 11.1 Å². The van der Waals surface area contributed by atoms with Crippen molar-refractivity contribution in [2.75, 3.05) is 0 Å². The lowest BCUT2D eigenvalue weighted by Crippen LogP contribution is -2.22. The fourth-order valence-electron chi connectivity index (χ4n) is 3.39. The van der Waals surface area contributed by atoms with Gasteiger partial charge in [-0.3, -0.25) is 4.79 Å². The van der Waals surface area contributed by atoms with Gasteiger partial charge in [0, 0.05) is 6.92 Å². The lowest BCUT2D eigenvalue weighted by molar-refractivity contribution is -0.134. The summed E-state index contributed by atoms with van der Waals surface area (Å²) in [6, 6.07) is 0. The number of hydrogen-bond donors (Lipinski definition) is 1. The van der Waals surface area contributed by atoms with Gasteiger partial charge in [-0.15, -0.1) is 0 Å². The summed E-state index contributed by atoms with van der Waals surface area (Å²) in [6.45, 7) is 8.45. The van der Waals surface area contributed by atoms with Gasteiger partial charge in [0.15, 0.2) is 0 Å². The van der Waals surface area contributed by atoms with Crippen LogP contribution in [-0.2, 0) is 4.79 Å². The summed E-state index contributed by atoms with van der Waals surface area (Å²) in [5.41, 5.74) is 1.42. The average molecular weight is 198 g/mol. The highest BCUT2D eigenvalue weighted by atomic mass is 16.4. The molecule has 2 atom stereocenters. The van der Waals surface area contributed by atoms with Crippen LogP contribution in [0.3, 0.4) is 0 Å². The van der Waals surface area contributed by atoms with Crippen LogP contribution in [0.25, 0.3) is 0 Å². The summed E-state index contributed by atoms with van der Waals surface area (Å²) in [4.78, 5) is 9.00. The normalized spacial score (nSPS) is 37.6. The van der Waals surface area contributed by atoms with E-state index in [1.807, 2.05) is 0 Å². The molecule has 2 fully saturated rings. The lowest BCUT2D eigenvalue weighted by Gasteiger charge is -2.32. The van der Waals surface area contributed by atoms with Gasteiger partial charge in [0.2, 0.25) is 0 Å². The third-order valence-corrected chi connectivity index (χ3v) is 3.82. The first-order valence-electron chi connectivity index (χ1n) is 5.45. The molecule has 1 N–H and O–H groups in total. The van der Waals surface area contributed by atoms with Crippen LogP contribution < -0.4 is 0 Å². The largest absolute Gasteiger partial charge is 0.481 e. The molecule has 0 radical (unpaired) electrons. The van der Waals surface area contributed by atoms with E-state index in [0.717, 1.165) is 18.3 Å². The van der Waals surface area contributed by atoms with E-state index in [1.54, 1.807) is 0 Å². The number of carboxylic acids is 1. The molecule has 2 heteroatoms. The first kappa shape index (κ1) is 11.5. The van der Waals surface area contributed by atoms with E-state index in [0.29, 0.717) is 5.41 Å². The zero-order valence-electron chi connectivity index (χ0n) is 9.76. The van der Waals surface area contributed by atoms with Crippen molar-refractivity contribution in [3.05, 3.63) is 0 Å².